The summed E-state index contributed by atoms with van der Waals surface area (Å²) in [6.45, 7) is 6.96. The lowest BCUT2D eigenvalue weighted by molar-refractivity contribution is -0.0333. The van der Waals surface area contributed by atoms with Crippen molar-refractivity contribution < 1.29 is 14.3 Å². The van der Waals surface area contributed by atoms with Gasteiger partial charge in [0.25, 0.3) is 0 Å². The summed E-state index contributed by atoms with van der Waals surface area (Å²) >= 11 is 0. The van der Waals surface area contributed by atoms with Gasteiger partial charge in [-0.15, -0.1) is 0 Å². The highest BCUT2D eigenvalue weighted by Crippen LogP contribution is 2.34. The summed E-state index contributed by atoms with van der Waals surface area (Å²) in [7, 11) is 1.81. The van der Waals surface area contributed by atoms with E-state index in [1.807, 2.05) is 17.6 Å². The largest absolute Gasteiger partial charge is 0.450 e. The number of hydrogen-bond acceptors (Lipinski definition) is 6. The van der Waals surface area contributed by atoms with Crippen molar-refractivity contribution in [2.45, 2.75) is 25.4 Å². The Morgan fingerprint density at radius 3 is 2.59 bits per heavy atom. The summed E-state index contributed by atoms with van der Waals surface area (Å²) in [6, 6.07) is 13.0. The molecule has 0 bridgehead atoms. The Morgan fingerprint density at radius 2 is 1.91 bits per heavy atom. The van der Waals surface area contributed by atoms with E-state index in [1.54, 1.807) is 12.0 Å². The van der Waals surface area contributed by atoms with Crippen LogP contribution in [-0.2, 0) is 15.1 Å². The number of aromatic nitrogens is 2. The second-order valence-electron chi connectivity index (χ2n) is 9.00. The van der Waals surface area contributed by atoms with Crippen LogP contribution in [0.25, 0.3) is 16.6 Å². The second-order valence-corrected chi connectivity index (χ2v) is 9.00. The molecule has 34 heavy (non-hydrogen) atoms. The summed E-state index contributed by atoms with van der Waals surface area (Å²) in [5.41, 5.74) is 5.45. The smallest absolute Gasteiger partial charge is 0.409 e. The number of ether oxygens (including phenoxy) is 2. The third kappa shape index (κ3) is 4.23. The first-order valence-electron chi connectivity index (χ1n) is 12.1. The van der Waals surface area contributed by atoms with Crippen LogP contribution in [-0.4, -0.2) is 73.6 Å². The number of rotatable bonds is 5. The first-order valence-corrected chi connectivity index (χ1v) is 12.1. The highest BCUT2D eigenvalue weighted by Gasteiger charge is 2.33. The van der Waals surface area contributed by atoms with Crippen molar-refractivity contribution in [3.8, 4) is 11.1 Å². The van der Waals surface area contributed by atoms with E-state index in [0.717, 1.165) is 61.4 Å². The summed E-state index contributed by atoms with van der Waals surface area (Å²) < 4.78 is 13.1. The lowest BCUT2D eigenvalue weighted by atomic mass is 9.85. The lowest BCUT2D eigenvalue weighted by Crippen LogP contribution is -2.49. The van der Waals surface area contributed by atoms with Gasteiger partial charge < -0.3 is 24.6 Å². The van der Waals surface area contributed by atoms with E-state index < -0.39 is 0 Å². The Balaban J connectivity index is 1.36. The molecule has 0 radical (unpaired) electrons. The number of piperazine rings is 1. The van der Waals surface area contributed by atoms with E-state index in [2.05, 4.69) is 57.9 Å². The van der Waals surface area contributed by atoms with Crippen molar-refractivity contribution in [3.05, 3.63) is 54.4 Å². The zero-order valence-corrected chi connectivity index (χ0v) is 20.0. The van der Waals surface area contributed by atoms with Gasteiger partial charge in [0.05, 0.1) is 17.8 Å². The molecule has 8 heteroatoms. The van der Waals surface area contributed by atoms with Crippen molar-refractivity contribution in [1.29, 1.82) is 0 Å². The predicted octanol–water partition coefficient (Wildman–Crippen LogP) is 3.50. The van der Waals surface area contributed by atoms with Crippen molar-refractivity contribution in [1.82, 2.24) is 19.8 Å². The molecule has 1 N–H and O–H groups in total. The van der Waals surface area contributed by atoms with Gasteiger partial charge in [0.2, 0.25) is 0 Å². The van der Waals surface area contributed by atoms with Crippen LogP contribution >= 0.6 is 0 Å². The fourth-order valence-electron chi connectivity index (χ4n) is 5.15. The molecule has 0 unspecified atom stereocenters. The van der Waals surface area contributed by atoms with Crippen molar-refractivity contribution in [2.24, 2.45) is 0 Å². The van der Waals surface area contributed by atoms with E-state index in [-0.39, 0.29) is 11.7 Å². The molecule has 1 atom stereocenters. The number of amides is 1. The Bertz CT molecular complexity index is 1130. The normalized spacial score (nSPS) is 21.1. The Hall–Kier alpha value is -3.10. The molecule has 3 aromatic rings. The minimum Gasteiger partial charge on any atom is -0.450 e. The first kappa shape index (κ1) is 22.7. The van der Waals surface area contributed by atoms with Gasteiger partial charge in [-0.25, -0.2) is 9.31 Å². The number of methoxy groups -OCH3 is 1. The van der Waals surface area contributed by atoms with Crippen LogP contribution in [0, 0.1) is 0 Å². The lowest BCUT2D eigenvalue weighted by Gasteiger charge is -2.37. The molecule has 5 rings (SSSR count). The van der Waals surface area contributed by atoms with Crippen LogP contribution in [0.2, 0.25) is 0 Å². The summed E-state index contributed by atoms with van der Waals surface area (Å²) in [4.78, 5) is 16.1. The predicted molar refractivity (Wildman–Crippen MR) is 132 cm³/mol. The summed E-state index contributed by atoms with van der Waals surface area (Å²) in [5.74, 6) is 0. The molecule has 2 aliphatic heterocycles. The quantitative estimate of drug-likeness (QED) is 0.625. The Labute approximate surface area is 200 Å². The molecule has 2 saturated heterocycles. The molecular weight excluding hydrogens is 430 g/mol. The van der Waals surface area contributed by atoms with Gasteiger partial charge >= 0.3 is 6.09 Å². The number of nitrogens with zero attached hydrogens (tertiary/aromatic N) is 4. The molecule has 0 aliphatic carbocycles. The monoisotopic (exact) mass is 463 g/mol. The van der Waals surface area contributed by atoms with Crippen molar-refractivity contribution >= 4 is 17.3 Å². The molecule has 0 spiro atoms. The summed E-state index contributed by atoms with van der Waals surface area (Å²) in [6.07, 6.45) is 5.84. The highest BCUT2D eigenvalue weighted by atomic mass is 16.6. The molecule has 180 valence electrons. The Kier molecular flexibility index (Phi) is 6.43. The molecule has 2 aromatic heterocycles. The van der Waals surface area contributed by atoms with Gasteiger partial charge in [-0.05, 0) is 49.6 Å². The summed E-state index contributed by atoms with van der Waals surface area (Å²) in [5, 5.41) is 8.01. The molecule has 8 nitrogen and oxygen atoms in total. The number of fused-ring (bicyclic) bond motifs is 1. The van der Waals surface area contributed by atoms with Crippen molar-refractivity contribution in [3.63, 3.8) is 0 Å². The Morgan fingerprint density at radius 1 is 1.12 bits per heavy atom. The maximum atomic E-state index is 12.0. The molecule has 1 aromatic carbocycles. The van der Waals surface area contributed by atoms with Crippen LogP contribution in [0.5, 0.6) is 0 Å². The number of nitrogens with one attached hydrogen (secondary N) is 1. The SMILES string of the molecule is CCOC(=O)N1CCN(c2ccnn3cc(-c4ccc([C@]5(OC)CCCNC5)cc4)cc23)CC1. The average Bonchev–Trinajstić information content (AvgIpc) is 3.34. The van der Waals surface area contributed by atoms with Gasteiger partial charge in [0.15, 0.2) is 0 Å². The van der Waals surface area contributed by atoms with Crippen LogP contribution in [0.1, 0.15) is 25.3 Å². The maximum Gasteiger partial charge on any atom is 0.409 e. The van der Waals surface area contributed by atoms with Crippen molar-refractivity contribution in [2.75, 3.05) is 57.9 Å². The van der Waals surface area contributed by atoms with Crippen LogP contribution in [0.4, 0.5) is 10.5 Å². The third-order valence-electron chi connectivity index (χ3n) is 7.11. The zero-order valence-electron chi connectivity index (χ0n) is 20.0. The molecule has 0 saturated carbocycles. The maximum absolute atomic E-state index is 12.0. The fraction of sp³-hybridized carbons (Fsp3) is 0.462. The van der Waals surface area contributed by atoms with Gasteiger partial charge in [-0.2, -0.15) is 5.10 Å². The average molecular weight is 464 g/mol. The second kappa shape index (κ2) is 9.64. The van der Waals surface area contributed by atoms with Crippen LogP contribution < -0.4 is 10.2 Å². The van der Waals surface area contributed by atoms with Crippen LogP contribution in [0.15, 0.2) is 48.8 Å². The molecular formula is C26H33N5O3. The van der Waals surface area contributed by atoms with Crippen LogP contribution in [0.3, 0.4) is 0 Å². The number of benzene rings is 1. The number of piperidine rings is 1. The molecule has 1 amide bonds. The first-order chi connectivity index (χ1) is 16.6. The number of hydrogen-bond donors (Lipinski definition) is 1. The van der Waals surface area contributed by atoms with Gasteiger partial charge in [-0.3, -0.25) is 0 Å². The van der Waals surface area contributed by atoms with Gasteiger partial charge in [-0.1, -0.05) is 24.3 Å². The number of anilines is 1. The minimum atomic E-state index is -0.247. The highest BCUT2D eigenvalue weighted by molar-refractivity contribution is 5.80. The van der Waals surface area contributed by atoms with E-state index in [0.29, 0.717) is 19.7 Å². The molecule has 2 fully saturated rings. The van der Waals surface area contributed by atoms with E-state index in [1.165, 1.54) is 5.56 Å². The molecule has 4 heterocycles. The number of carbonyl (C=O) groups excluding carboxylic acids is 1. The standard InChI is InChI=1S/C26H33N5O3/c1-3-34-25(32)30-15-13-29(14-16-30)23-9-12-28-31-18-21(17-24(23)31)20-5-7-22(8-6-20)26(33-2)10-4-11-27-19-26/h5-9,12,17-18,27H,3-4,10-11,13-16,19H2,1-2H3/t26-/m0/s1. The fourth-order valence-corrected chi connectivity index (χ4v) is 5.15. The van der Waals surface area contributed by atoms with E-state index in [4.69, 9.17) is 9.47 Å². The van der Waals surface area contributed by atoms with Gasteiger partial charge in [0.1, 0.15) is 5.60 Å². The third-order valence-corrected chi connectivity index (χ3v) is 7.11. The topological polar surface area (TPSA) is 71.3 Å². The van der Waals surface area contributed by atoms with Gasteiger partial charge in [0, 0.05) is 57.8 Å². The molecule has 2 aliphatic rings. The van der Waals surface area contributed by atoms with E-state index >= 15 is 0 Å². The number of carbonyl (C=O) groups is 1. The van der Waals surface area contributed by atoms with E-state index in [9.17, 15) is 4.79 Å². The zero-order chi connectivity index (χ0) is 23.5. The minimum absolute atomic E-state index is 0.227.